The van der Waals surface area contributed by atoms with Gasteiger partial charge in [-0.25, -0.2) is 4.98 Å². The lowest BCUT2D eigenvalue weighted by Crippen LogP contribution is -2.10. The number of benzene rings is 1. The highest BCUT2D eigenvalue weighted by Gasteiger charge is 2.08. The molecular formula is C14H15ClN2. The van der Waals surface area contributed by atoms with Crippen LogP contribution in [-0.2, 0) is 0 Å². The highest BCUT2D eigenvalue weighted by Crippen LogP contribution is 2.22. The Morgan fingerprint density at radius 2 is 1.94 bits per heavy atom. The predicted molar refractivity (Wildman–Crippen MR) is 72.3 cm³/mol. The summed E-state index contributed by atoms with van der Waals surface area (Å²) in [5.41, 5.74) is 1.22. The van der Waals surface area contributed by atoms with E-state index in [0.29, 0.717) is 0 Å². The zero-order valence-corrected chi connectivity index (χ0v) is 10.5. The van der Waals surface area contributed by atoms with E-state index in [1.165, 1.54) is 5.56 Å². The highest BCUT2D eigenvalue weighted by molar-refractivity contribution is 6.30. The molecule has 2 aromatic rings. The van der Waals surface area contributed by atoms with Crippen LogP contribution >= 0.6 is 11.6 Å². The molecule has 17 heavy (non-hydrogen) atoms. The molecule has 1 aromatic heterocycles. The molecule has 0 bridgehead atoms. The van der Waals surface area contributed by atoms with Crippen molar-refractivity contribution < 1.29 is 0 Å². The van der Waals surface area contributed by atoms with Crippen LogP contribution in [-0.4, -0.2) is 4.98 Å². The van der Waals surface area contributed by atoms with E-state index in [1.54, 1.807) is 6.20 Å². The SMILES string of the molecule is CCC(Nc1ccccn1)c1ccc(Cl)cc1. The summed E-state index contributed by atoms with van der Waals surface area (Å²) in [5, 5.41) is 4.18. The molecule has 0 spiro atoms. The molecule has 0 aliphatic rings. The molecule has 1 N–H and O–H groups in total. The van der Waals surface area contributed by atoms with Crippen LogP contribution in [0.4, 0.5) is 5.82 Å². The average Bonchev–Trinajstić information content (AvgIpc) is 2.38. The van der Waals surface area contributed by atoms with E-state index in [0.717, 1.165) is 17.3 Å². The Labute approximate surface area is 107 Å². The monoisotopic (exact) mass is 246 g/mol. The number of halogens is 1. The van der Waals surface area contributed by atoms with Gasteiger partial charge in [0.1, 0.15) is 5.82 Å². The Hall–Kier alpha value is -1.54. The second-order valence-electron chi connectivity index (χ2n) is 3.87. The molecule has 0 radical (unpaired) electrons. The number of hydrogen-bond donors (Lipinski definition) is 1. The normalized spacial score (nSPS) is 12.1. The van der Waals surface area contributed by atoms with Gasteiger partial charge in [-0.2, -0.15) is 0 Å². The van der Waals surface area contributed by atoms with E-state index in [9.17, 15) is 0 Å². The van der Waals surface area contributed by atoms with Crippen LogP contribution < -0.4 is 5.32 Å². The number of hydrogen-bond acceptors (Lipinski definition) is 2. The molecule has 3 heteroatoms. The molecule has 0 amide bonds. The van der Waals surface area contributed by atoms with E-state index in [2.05, 4.69) is 17.2 Å². The first kappa shape index (κ1) is 11.9. The molecule has 1 aromatic carbocycles. The summed E-state index contributed by atoms with van der Waals surface area (Å²) >= 11 is 5.89. The Kier molecular flexibility index (Phi) is 3.99. The summed E-state index contributed by atoms with van der Waals surface area (Å²) in [4.78, 5) is 4.27. The Bertz CT molecular complexity index is 453. The van der Waals surface area contributed by atoms with Gasteiger partial charge < -0.3 is 5.32 Å². The number of nitrogens with zero attached hydrogens (tertiary/aromatic N) is 1. The summed E-state index contributed by atoms with van der Waals surface area (Å²) in [6, 6.07) is 14.1. The van der Waals surface area contributed by atoms with E-state index in [4.69, 9.17) is 11.6 Å². The van der Waals surface area contributed by atoms with Gasteiger partial charge in [-0.05, 0) is 36.2 Å². The van der Waals surface area contributed by atoms with Crippen molar-refractivity contribution in [2.75, 3.05) is 5.32 Å². The smallest absolute Gasteiger partial charge is 0.126 e. The molecule has 0 aliphatic carbocycles. The second-order valence-corrected chi connectivity index (χ2v) is 4.31. The molecule has 0 aliphatic heterocycles. The maximum absolute atomic E-state index is 5.89. The van der Waals surface area contributed by atoms with Gasteiger partial charge in [-0.1, -0.05) is 36.7 Å². The summed E-state index contributed by atoms with van der Waals surface area (Å²) in [7, 11) is 0. The number of nitrogens with one attached hydrogen (secondary N) is 1. The third-order valence-electron chi connectivity index (χ3n) is 2.67. The van der Waals surface area contributed by atoms with E-state index in [1.807, 2.05) is 42.5 Å². The topological polar surface area (TPSA) is 24.9 Å². The minimum atomic E-state index is 0.266. The zero-order valence-electron chi connectivity index (χ0n) is 9.73. The molecular weight excluding hydrogens is 232 g/mol. The largest absolute Gasteiger partial charge is 0.363 e. The Morgan fingerprint density at radius 1 is 1.18 bits per heavy atom. The van der Waals surface area contributed by atoms with Crippen molar-refractivity contribution in [1.82, 2.24) is 4.98 Å². The van der Waals surface area contributed by atoms with Gasteiger partial charge in [0.15, 0.2) is 0 Å². The fourth-order valence-corrected chi connectivity index (χ4v) is 1.87. The van der Waals surface area contributed by atoms with Crippen LogP contribution in [0, 0.1) is 0 Å². The second kappa shape index (κ2) is 5.69. The highest BCUT2D eigenvalue weighted by atomic mass is 35.5. The first-order valence-electron chi connectivity index (χ1n) is 5.72. The molecule has 88 valence electrons. The standard InChI is InChI=1S/C14H15ClN2/c1-2-13(11-6-8-12(15)9-7-11)17-14-5-3-4-10-16-14/h3-10,13H,2H2,1H3,(H,16,17). The average molecular weight is 247 g/mol. The molecule has 2 nitrogen and oxygen atoms in total. The fourth-order valence-electron chi connectivity index (χ4n) is 1.74. The molecule has 2 rings (SSSR count). The van der Waals surface area contributed by atoms with Crippen molar-refractivity contribution >= 4 is 17.4 Å². The van der Waals surface area contributed by atoms with E-state index < -0.39 is 0 Å². The van der Waals surface area contributed by atoms with Crippen molar-refractivity contribution in [2.45, 2.75) is 19.4 Å². The summed E-state index contributed by atoms with van der Waals surface area (Å²) in [6.45, 7) is 2.15. The van der Waals surface area contributed by atoms with Gasteiger partial charge in [0.2, 0.25) is 0 Å². The molecule has 0 saturated carbocycles. The summed E-state index contributed by atoms with van der Waals surface area (Å²) < 4.78 is 0. The lowest BCUT2D eigenvalue weighted by molar-refractivity contribution is 0.744. The van der Waals surface area contributed by atoms with Crippen LogP contribution in [0.3, 0.4) is 0 Å². The van der Waals surface area contributed by atoms with Crippen LogP contribution in [0.5, 0.6) is 0 Å². The predicted octanol–water partition coefficient (Wildman–Crippen LogP) is 4.30. The maximum Gasteiger partial charge on any atom is 0.126 e. The minimum absolute atomic E-state index is 0.266. The van der Waals surface area contributed by atoms with Crippen LogP contribution in [0.25, 0.3) is 0 Å². The quantitative estimate of drug-likeness (QED) is 0.870. The van der Waals surface area contributed by atoms with Gasteiger partial charge in [-0.15, -0.1) is 0 Å². The number of rotatable bonds is 4. The van der Waals surface area contributed by atoms with Crippen molar-refractivity contribution in [2.24, 2.45) is 0 Å². The third kappa shape index (κ3) is 3.21. The van der Waals surface area contributed by atoms with Crippen molar-refractivity contribution in [1.29, 1.82) is 0 Å². The molecule has 1 unspecified atom stereocenters. The Balaban J connectivity index is 2.14. The molecule has 1 heterocycles. The summed E-state index contributed by atoms with van der Waals surface area (Å²) in [6.07, 6.45) is 2.79. The molecule has 1 atom stereocenters. The first-order chi connectivity index (χ1) is 8.29. The lowest BCUT2D eigenvalue weighted by atomic mass is 10.0. The number of aromatic nitrogens is 1. The van der Waals surface area contributed by atoms with E-state index in [-0.39, 0.29) is 6.04 Å². The van der Waals surface area contributed by atoms with E-state index >= 15 is 0 Å². The summed E-state index contributed by atoms with van der Waals surface area (Å²) in [5.74, 6) is 0.898. The zero-order chi connectivity index (χ0) is 12.1. The Morgan fingerprint density at radius 3 is 2.53 bits per heavy atom. The van der Waals surface area contributed by atoms with Gasteiger partial charge in [-0.3, -0.25) is 0 Å². The van der Waals surface area contributed by atoms with Crippen LogP contribution in [0.1, 0.15) is 24.9 Å². The number of anilines is 1. The van der Waals surface area contributed by atoms with Gasteiger partial charge in [0, 0.05) is 11.2 Å². The molecule has 0 saturated heterocycles. The van der Waals surface area contributed by atoms with Crippen molar-refractivity contribution in [3.05, 3.63) is 59.2 Å². The van der Waals surface area contributed by atoms with Crippen LogP contribution in [0.2, 0.25) is 5.02 Å². The van der Waals surface area contributed by atoms with Crippen molar-refractivity contribution in [3.63, 3.8) is 0 Å². The third-order valence-corrected chi connectivity index (χ3v) is 2.92. The van der Waals surface area contributed by atoms with Crippen molar-refractivity contribution in [3.8, 4) is 0 Å². The minimum Gasteiger partial charge on any atom is -0.363 e. The first-order valence-corrected chi connectivity index (χ1v) is 6.10. The van der Waals surface area contributed by atoms with Gasteiger partial charge in [0.05, 0.1) is 6.04 Å². The van der Waals surface area contributed by atoms with Crippen LogP contribution in [0.15, 0.2) is 48.7 Å². The van der Waals surface area contributed by atoms with Gasteiger partial charge in [0.25, 0.3) is 0 Å². The fraction of sp³-hybridized carbons (Fsp3) is 0.214. The number of pyridine rings is 1. The van der Waals surface area contributed by atoms with Gasteiger partial charge >= 0.3 is 0 Å². The lowest BCUT2D eigenvalue weighted by Gasteiger charge is -2.18. The maximum atomic E-state index is 5.89. The molecule has 0 fully saturated rings.